The Balaban J connectivity index is 1.37. The summed E-state index contributed by atoms with van der Waals surface area (Å²) in [6.45, 7) is 0.410. The Kier molecular flexibility index (Phi) is 4.66. The second-order valence-electron chi connectivity index (χ2n) is 6.67. The van der Waals surface area contributed by atoms with Crippen molar-refractivity contribution < 1.29 is 4.79 Å². The highest BCUT2D eigenvalue weighted by Gasteiger charge is 2.15. The van der Waals surface area contributed by atoms with Gasteiger partial charge >= 0.3 is 5.69 Å². The van der Waals surface area contributed by atoms with Crippen LogP contribution in [-0.2, 0) is 31.9 Å². The third kappa shape index (κ3) is 3.39. The predicted molar refractivity (Wildman–Crippen MR) is 102 cm³/mol. The molecule has 29 heavy (non-hydrogen) atoms. The van der Waals surface area contributed by atoms with Crippen LogP contribution in [0.2, 0.25) is 0 Å². The van der Waals surface area contributed by atoms with Crippen molar-refractivity contribution in [3.8, 4) is 0 Å². The van der Waals surface area contributed by atoms with Crippen LogP contribution in [0.4, 0.5) is 0 Å². The van der Waals surface area contributed by atoms with Crippen molar-refractivity contribution in [1.29, 1.82) is 0 Å². The summed E-state index contributed by atoms with van der Waals surface area (Å²) in [6.07, 6.45) is 7.87. The highest BCUT2D eigenvalue weighted by Crippen LogP contribution is 2.05. The number of rotatable bonds is 6. The van der Waals surface area contributed by atoms with Crippen molar-refractivity contribution >= 4 is 22.8 Å². The molecule has 4 rings (SSSR count). The molecular formula is C17H19N9O3. The molecule has 12 nitrogen and oxygen atoms in total. The van der Waals surface area contributed by atoms with E-state index in [0.717, 1.165) is 16.6 Å². The summed E-state index contributed by atoms with van der Waals surface area (Å²) in [5.41, 5.74) is 0.515. The number of aromatic nitrogens is 8. The van der Waals surface area contributed by atoms with Crippen LogP contribution < -0.4 is 16.6 Å². The molecule has 150 valence electrons. The van der Waals surface area contributed by atoms with Crippen LogP contribution in [-0.4, -0.2) is 50.7 Å². The van der Waals surface area contributed by atoms with Gasteiger partial charge < -0.3 is 9.88 Å². The predicted octanol–water partition coefficient (Wildman–Crippen LogP) is -1.38. The maximum absolute atomic E-state index is 12.4. The summed E-state index contributed by atoms with van der Waals surface area (Å²) < 4.78 is 5.34. The summed E-state index contributed by atoms with van der Waals surface area (Å²) in [7, 11) is 2.93. The average molecular weight is 397 g/mol. The van der Waals surface area contributed by atoms with Gasteiger partial charge in [0, 0.05) is 33.0 Å². The Labute approximate surface area is 163 Å². The number of fused-ring (bicyclic) bond motifs is 2. The first-order valence-electron chi connectivity index (χ1n) is 8.97. The average Bonchev–Trinajstić information content (AvgIpc) is 3.34. The van der Waals surface area contributed by atoms with Crippen LogP contribution in [0, 0.1) is 0 Å². The summed E-state index contributed by atoms with van der Waals surface area (Å²) in [5, 5.41) is 6.87. The van der Waals surface area contributed by atoms with Gasteiger partial charge in [-0.3, -0.25) is 18.7 Å². The molecule has 1 amide bonds. The maximum atomic E-state index is 12.4. The van der Waals surface area contributed by atoms with E-state index in [-0.39, 0.29) is 23.6 Å². The number of carbonyl (C=O) groups excluding carboxylic acids is 1. The van der Waals surface area contributed by atoms with Gasteiger partial charge in [0.15, 0.2) is 11.2 Å². The molecule has 0 fully saturated rings. The second-order valence-corrected chi connectivity index (χ2v) is 6.67. The SMILES string of the molecule is Cn1c(=O)c2c(ncn2CC(=O)NCCCc2cnc3ncnn3c2)n(C)c1=O. The van der Waals surface area contributed by atoms with E-state index in [1.165, 1.54) is 35.9 Å². The van der Waals surface area contributed by atoms with Crippen molar-refractivity contribution in [3.05, 3.63) is 51.4 Å². The lowest BCUT2D eigenvalue weighted by atomic mass is 10.2. The second kappa shape index (κ2) is 7.30. The van der Waals surface area contributed by atoms with Crippen LogP contribution in [0.1, 0.15) is 12.0 Å². The summed E-state index contributed by atoms with van der Waals surface area (Å²) in [6, 6.07) is 0. The molecule has 1 N–H and O–H groups in total. The van der Waals surface area contributed by atoms with Gasteiger partial charge in [0.25, 0.3) is 11.3 Å². The van der Waals surface area contributed by atoms with E-state index in [1.807, 2.05) is 6.20 Å². The van der Waals surface area contributed by atoms with Crippen molar-refractivity contribution in [2.45, 2.75) is 19.4 Å². The molecule has 4 aromatic rings. The Morgan fingerprint density at radius 3 is 2.79 bits per heavy atom. The highest BCUT2D eigenvalue weighted by molar-refractivity contribution is 5.78. The molecule has 0 saturated heterocycles. The van der Waals surface area contributed by atoms with Crippen LogP contribution in [0.15, 0.2) is 34.6 Å². The molecule has 4 aromatic heterocycles. The van der Waals surface area contributed by atoms with Gasteiger partial charge in [0.1, 0.15) is 12.9 Å². The Morgan fingerprint density at radius 1 is 1.14 bits per heavy atom. The first-order valence-corrected chi connectivity index (χ1v) is 8.97. The minimum atomic E-state index is -0.482. The fourth-order valence-electron chi connectivity index (χ4n) is 3.14. The third-order valence-corrected chi connectivity index (χ3v) is 4.68. The van der Waals surface area contributed by atoms with Gasteiger partial charge in [0.05, 0.1) is 6.33 Å². The molecule has 0 aliphatic rings. The van der Waals surface area contributed by atoms with E-state index in [9.17, 15) is 14.4 Å². The first-order chi connectivity index (χ1) is 14.0. The number of nitrogens with zero attached hydrogens (tertiary/aromatic N) is 8. The molecule has 0 spiro atoms. The summed E-state index contributed by atoms with van der Waals surface area (Å²) >= 11 is 0. The fraction of sp³-hybridized carbons (Fsp3) is 0.353. The van der Waals surface area contributed by atoms with Gasteiger partial charge in [-0.05, 0) is 18.4 Å². The number of hydrogen-bond donors (Lipinski definition) is 1. The minimum Gasteiger partial charge on any atom is -0.355 e. The van der Waals surface area contributed by atoms with Crippen molar-refractivity contribution in [3.63, 3.8) is 0 Å². The molecule has 12 heteroatoms. The minimum absolute atomic E-state index is 0.0591. The van der Waals surface area contributed by atoms with E-state index in [1.54, 1.807) is 10.7 Å². The van der Waals surface area contributed by atoms with Crippen LogP contribution in [0.25, 0.3) is 16.9 Å². The van der Waals surface area contributed by atoms with E-state index in [0.29, 0.717) is 18.7 Å². The lowest BCUT2D eigenvalue weighted by molar-refractivity contribution is -0.121. The van der Waals surface area contributed by atoms with Crippen molar-refractivity contribution in [2.24, 2.45) is 14.1 Å². The fourth-order valence-corrected chi connectivity index (χ4v) is 3.14. The van der Waals surface area contributed by atoms with E-state index in [2.05, 4.69) is 25.4 Å². The quantitative estimate of drug-likeness (QED) is 0.396. The number of nitrogens with one attached hydrogen (secondary N) is 1. The van der Waals surface area contributed by atoms with Gasteiger partial charge in [-0.25, -0.2) is 19.3 Å². The zero-order valence-corrected chi connectivity index (χ0v) is 15.9. The van der Waals surface area contributed by atoms with E-state index in [4.69, 9.17) is 0 Å². The van der Waals surface area contributed by atoms with Crippen molar-refractivity contribution in [2.75, 3.05) is 6.54 Å². The smallest absolute Gasteiger partial charge is 0.332 e. The standard InChI is InChI=1S/C17H19N9O3/c1-23-14-13(15(28)24(2)17(23)29)25(10-21-14)8-12(27)18-5-3-4-11-6-19-16-20-9-22-26(16)7-11/h6-7,9-10H,3-5,8H2,1-2H3,(H,18,27). The van der Waals surface area contributed by atoms with Gasteiger partial charge in [-0.2, -0.15) is 10.1 Å². The molecule has 0 aromatic carbocycles. The summed E-state index contributed by atoms with van der Waals surface area (Å²) in [4.78, 5) is 48.9. The van der Waals surface area contributed by atoms with Gasteiger partial charge in [-0.15, -0.1) is 0 Å². The molecule has 0 aliphatic carbocycles. The first kappa shape index (κ1) is 18.5. The van der Waals surface area contributed by atoms with Crippen LogP contribution >= 0.6 is 0 Å². The number of aryl methyl sites for hydroxylation is 2. The number of hydrogen-bond acceptors (Lipinski definition) is 7. The molecule has 0 unspecified atom stereocenters. The molecule has 0 radical (unpaired) electrons. The Morgan fingerprint density at radius 2 is 1.97 bits per heavy atom. The molecule has 0 bridgehead atoms. The van der Waals surface area contributed by atoms with Gasteiger partial charge in [0.2, 0.25) is 5.91 Å². The van der Waals surface area contributed by atoms with Crippen LogP contribution in [0.3, 0.4) is 0 Å². The number of imidazole rings is 1. The molecular weight excluding hydrogens is 378 g/mol. The lowest BCUT2D eigenvalue weighted by Gasteiger charge is -2.08. The number of carbonyl (C=O) groups is 1. The van der Waals surface area contributed by atoms with Gasteiger partial charge in [-0.1, -0.05) is 0 Å². The third-order valence-electron chi connectivity index (χ3n) is 4.68. The normalized spacial score (nSPS) is 11.4. The van der Waals surface area contributed by atoms with Crippen LogP contribution in [0.5, 0.6) is 0 Å². The monoisotopic (exact) mass is 397 g/mol. The molecule has 0 atom stereocenters. The molecule has 0 saturated carbocycles. The maximum Gasteiger partial charge on any atom is 0.332 e. The summed E-state index contributed by atoms with van der Waals surface area (Å²) in [5.74, 6) is 0.295. The van der Waals surface area contributed by atoms with E-state index >= 15 is 0 Å². The molecule has 4 heterocycles. The van der Waals surface area contributed by atoms with E-state index < -0.39 is 11.2 Å². The Bertz CT molecular complexity index is 1330. The lowest BCUT2D eigenvalue weighted by Crippen LogP contribution is -2.38. The largest absolute Gasteiger partial charge is 0.355 e. The zero-order valence-electron chi connectivity index (χ0n) is 15.9. The number of amides is 1. The molecule has 0 aliphatic heterocycles. The Hall–Kier alpha value is -3.83. The highest BCUT2D eigenvalue weighted by atomic mass is 16.2. The zero-order chi connectivity index (χ0) is 20.5. The topological polar surface area (TPSA) is 134 Å². The van der Waals surface area contributed by atoms with Crippen molar-refractivity contribution in [1.82, 2.24) is 43.6 Å².